The Morgan fingerprint density at radius 2 is 1.89 bits per heavy atom. The van der Waals surface area contributed by atoms with Gasteiger partial charge in [-0.1, -0.05) is 23.7 Å². The number of hydrogen-bond donors (Lipinski definition) is 0. The molecule has 0 N–H and O–H groups in total. The van der Waals surface area contributed by atoms with Gasteiger partial charge in [0.1, 0.15) is 5.75 Å². The predicted octanol–water partition coefficient (Wildman–Crippen LogP) is 2.50. The van der Waals surface area contributed by atoms with Crippen molar-refractivity contribution in [3.8, 4) is 5.75 Å². The van der Waals surface area contributed by atoms with Crippen molar-refractivity contribution in [2.45, 2.75) is 13.8 Å². The zero-order valence-corrected chi connectivity index (χ0v) is 10.5. The van der Waals surface area contributed by atoms with E-state index < -0.39 is 11.8 Å². The van der Waals surface area contributed by atoms with E-state index in [1.165, 1.54) is 26.0 Å². The summed E-state index contributed by atoms with van der Waals surface area (Å²) >= 11 is 5.82. The number of esters is 1. The number of hydrogen-bond acceptors (Lipinski definition) is 4. The molecule has 1 aliphatic rings. The van der Waals surface area contributed by atoms with Crippen LogP contribution in [0, 0.1) is 0 Å². The molecule has 0 aromatic heterocycles. The number of rotatable bonds is 1. The molecule has 2 rings (SSSR count). The van der Waals surface area contributed by atoms with Gasteiger partial charge in [-0.15, -0.1) is 0 Å². The van der Waals surface area contributed by atoms with Gasteiger partial charge in [0.15, 0.2) is 5.78 Å². The van der Waals surface area contributed by atoms with E-state index in [-0.39, 0.29) is 33.3 Å². The summed E-state index contributed by atoms with van der Waals surface area (Å²) in [7, 11) is 0. The lowest BCUT2D eigenvalue weighted by molar-refractivity contribution is -0.131. The van der Waals surface area contributed by atoms with Crippen LogP contribution >= 0.6 is 11.6 Å². The van der Waals surface area contributed by atoms with Gasteiger partial charge in [0.2, 0.25) is 5.78 Å². The van der Waals surface area contributed by atoms with E-state index in [0.717, 1.165) is 0 Å². The van der Waals surface area contributed by atoms with Gasteiger partial charge in [0.25, 0.3) is 0 Å². The van der Waals surface area contributed by atoms with Gasteiger partial charge in [-0.05, 0) is 13.0 Å². The number of fused-ring (bicyclic) bond motifs is 1. The molecule has 0 heterocycles. The summed E-state index contributed by atoms with van der Waals surface area (Å²) in [5.41, 5.74) is 0.461. The predicted molar refractivity (Wildman–Crippen MR) is 65.0 cm³/mol. The van der Waals surface area contributed by atoms with E-state index in [9.17, 15) is 14.4 Å². The Morgan fingerprint density at radius 3 is 2.50 bits per heavy atom. The van der Waals surface area contributed by atoms with Crippen molar-refractivity contribution in [2.24, 2.45) is 0 Å². The maximum absolute atomic E-state index is 12.0. The second-order valence-electron chi connectivity index (χ2n) is 3.87. The Kier molecular flexibility index (Phi) is 3.05. The molecule has 18 heavy (non-hydrogen) atoms. The number of carbonyl (C=O) groups is 3. The Hall–Kier alpha value is -1.94. The smallest absolute Gasteiger partial charge is 0.308 e. The van der Waals surface area contributed by atoms with Gasteiger partial charge in [0, 0.05) is 18.1 Å². The van der Waals surface area contributed by atoms with E-state index in [1.807, 2.05) is 0 Å². The first-order chi connectivity index (χ1) is 8.43. The quantitative estimate of drug-likeness (QED) is 0.578. The fraction of sp³-hybridized carbons (Fsp3) is 0.154. The minimum absolute atomic E-state index is 0.0494. The maximum Gasteiger partial charge on any atom is 0.308 e. The summed E-state index contributed by atoms with van der Waals surface area (Å²) < 4.78 is 4.92. The molecule has 0 spiro atoms. The van der Waals surface area contributed by atoms with Crippen LogP contribution in [0.3, 0.4) is 0 Å². The molecule has 0 saturated heterocycles. The summed E-state index contributed by atoms with van der Waals surface area (Å²) in [4.78, 5) is 35.0. The molecule has 0 unspecified atom stereocenters. The first-order valence-corrected chi connectivity index (χ1v) is 5.58. The fourth-order valence-electron chi connectivity index (χ4n) is 1.78. The minimum atomic E-state index is -0.564. The highest BCUT2D eigenvalue weighted by Gasteiger charge is 2.32. The molecule has 0 bridgehead atoms. The van der Waals surface area contributed by atoms with Crippen LogP contribution in [0.15, 0.2) is 28.8 Å². The van der Waals surface area contributed by atoms with Crippen molar-refractivity contribution in [1.82, 2.24) is 0 Å². The Labute approximate surface area is 108 Å². The van der Waals surface area contributed by atoms with Crippen LogP contribution in [-0.2, 0) is 4.79 Å². The van der Waals surface area contributed by atoms with Crippen LogP contribution in [0.2, 0.25) is 0 Å². The SMILES string of the molecule is CC(=O)Oc1cccc2c1C(=O)C(Cl)=C(C)C2=O. The highest BCUT2D eigenvalue weighted by molar-refractivity contribution is 6.50. The Balaban J connectivity index is 2.67. The van der Waals surface area contributed by atoms with Crippen molar-refractivity contribution in [3.05, 3.63) is 39.9 Å². The lowest BCUT2D eigenvalue weighted by Gasteiger charge is -2.17. The topological polar surface area (TPSA) is 60.4 Å². The Bertz CT molecular complexity index is 613. The van der Waals surface area contributed by atoms with Gasteiger partial charge in [-0.3, -0.25) is 14.4 Å². The summed E-state index contributed by atoms with van der Waals surface area (Å²) in [5, 5.41) is -0.132. The molecule has 1 aliphatic carbocycles. The average Bonchev–Trinajstić information content (AvgIpc) is 2.32. The van der Waals surface area contributed by atoms with Crippen molar-refractivity contribution >= 4 is 29.1 Å². The maximum atomic E-state index is 12.0. The number of ketones is 2. The molecule has 5 heteroatoms. The molecular weight excluding hydrogens is 256 g/mol. The summed E-state index contributed by atoms with van der Waals surface area (Å²) in [5.74, 6) is -1.33. The first-order valence-electron chi connectivity index (χ1n) is 5.20. The van der Waals surface area contributed by atoms with E-state index in [4.69, 9.17) is 16.3 Å². The van der Waals surface area contributed by atoms with Gasteiger partial charge in [-0.2, -0.15) is 0 Å². The van der Waals surface area contributed by atoms with Crippen LogP contribution < -0.4 is 4.74 Å². The average molecular weight is 265 g/mol. The van der Waals surface area contributed by atoms with E-state index in [0.29, 0.717) is 0 Å². The van der Waals surface area contributed by atoms with E-state index in [1.54, 1.807) is 6.07 Å². The van der Waals surface area contributed by atoms with E-state index in [2.05, 4.69) is 0 Å². The number of Topliss-reactive ketones (excluding diaryl/α,β-unsaturated/α-hetero) is 2. The summed E-state index contributed by atoms with van der Waals surface area (Å²) in [6.45, 7) is 2.71. The monoisotopic (exact) mass is 264 g/mol. The fourth-order valence-corrected chi connectivity index (χ4v) is 1.96. The van der Waals surface area contributed by atoms with E-state index >= 15 is 0 Å². The van der Waals surface area contributed by atoms with Crippen molar-refractivity contribution < 1.29 is 19.1 Å². The molecule has 0 atom stereocenters. The lowest BCUT2D eigenvalue weighted by Crippen LogP contribution is -2.20. The summed E-state index contributed by atoms with van der Waals surface area (Å²) in [6.07, 6.45) is 0. The standard InChI is InChI=1S/C13H9ClO4/c1-6-11(14)13(17)10-8(12(6)16)4-3-5-9(10)18-7(2)15/h3-5H,1-2H3. The second-order valence-corrected chi connectivity index (χ2v) is 4.25. The van der Waals surface area contributed by atoms with Crippen molar-refractivity contribution in [2.75, 3.05) is 0 Å². The number of carbonyl (C=O) groups excluding carboxylic acids is 3. The van der Waals surface area contributed by atoms with Gasteiger partial charge in [0.05, 0.1) is 10.6 Å². The molecule has 0 radical (unpaired) electrons. The van der Waals surface area contributed by atoms with Crippen molar-refractivity contribution in [1.29, 1.82) is 0 Å². The molecule has 1 aromatic rings. The third-order valence-electron chi connectivity index (χ3n) is 2.62. The molecule has 0 saturated carbocycles. The zero-order valence-electron chi connectivity index (χ0n) is 9.74. The third kappa shape index (κ3) is 1.84. The summed E-state index contributed by atoms with van der Waals surface area (Å²) in [6, 6.07) is 4.51. The van der Waals surface area contributed by atoms with Crippen LogP contribution in [0.5, 0.6) is 5.75 Å². The largest absolute Gasteiger partial charge is 0.426 e. The van der Waals surface area contributed by atoms with Crippen LogP contribution in [0.4, 0.5) is 0 Å². The zero-order chi connectivity index (χ0) is 13.4. The highest BCUT2D eigenvalue weighted by atomic mass is 35.5. The minimum Gasteiger partial charge on any atom is -0.426 e. The normalized spacial score (nSPS) is 14.6. The highest BCUT2D eigenvalue weighted by Crippen LogP contribution is 2.33. The number of allylic oxidation sites excluding steroid dienone is 2. The molecule has 92 valence electrons. The number of benzene rings is 1. The number of halogens is 1. The Morgan fingerprint density at radius 1 is 1.22 bits per heavy atom. The molecule has 0 amide bonds. The molecule has 4 nitrogen and oxygen atoms in total. The van der Waals surface area contributed by atoms with Gasteiger partial charge >= 0.3 is 5.97 Å². The molecule has 0 aliphatic heterocycles. The van der Waals surface area contributed by atoms with Crippen LogP contribution in [0.25, 0.3) is 0 Å². The molecule has 1 aromatic carbocycles. The molecular formula is C13H9ClO4. The molecule has 0 fully saturated rings. The van der Waals surface area contributed by atoms with Gasteiger partial charge in [-0.25, -0.2) is 0 Å². The van der Waals surface area contributed by atoms with Gasteiger partial charge < -0.3 is 4.74 Å². The van der Waals surface area contributed by atoms with Crippen LogP contribution in [-0.4, -0.2) is 17.5 Å². The van der Waals surface area contributed by atoms with Crippen molar-refractivity contribution in [3.63, 3.8) is 0 Å². The van der Waals surface area contributed by atoms with Crippen LogP contribution in [0.1, 0.15) is 34.6 Å². The second kappa shape index (κ2) is 4.38. The first kappa shape index (κ1) is 12.5. The lowest BCUT2D eigenvalue weighted by atomic mass is 9.89. The number of ether oxygens (including phenoxy) is 1. The third-order valence-corrected chi connectivity index (χ3v) is 3.08.